The molecule has 4 rings (SSSR count). The average Bonchev–Trinajstić information content (AvgIpc) is 3.16. The molecule has 128 valence electrons. The first-order valence-corrected chi connectivity index (χ1v) is 8.24. The Balaban J connectivity index is 1.70. The highest BCUT2D eigenvalue weighted by Gasteiger charge is 2.27. The van der Waals surface area contributed by atoms with E-state index in [0.29, 0.717) is 24.5 Å². The summed E-state index contributed by atoms with van der Waals surface area (Å²) in [6.07, 6.45) is 0. The lowest BCUT2D eigenvalue weighted by molar-refractivity contribution is -0.384. The molecule has 1 amide bonds. The van der Waals surface area contributed by atoms with E-state index in [1.54, 1.807) is 4.90 Å². The van der Waals surface area contributed by atoms with Gasteiger partial charge in [0, 0.05) is 29.8 Å². The van der Waals surface area contributed by atoms with Gasteiger partial charge in [-0.3, -0.25) is 24.8 Å². The number of aliphatic imine (C=N–C) groups is 1. The molecule has 3 aromatic rings. The predicted molar refractivity (Wildman–Crippen MR) is 99.5 cm³/mol. The molecule has 0 saturated heterocycles. The third-order valence-corrected chi connectivity index (χ3v) is 4.44. The second-order valence-electron chi connectivity index (χ2n) is 5.99. The number of nitro benzene ring substituents is 1. The number of fused-ring (bicyclic) bond motifs is 1. The standard InChI is InChI=1S/C20H15N3O3/c24-20(15-8-10-16(11-9-15)23(25)26)22-13-12-21-19(22)18-7-3-5-14-4-1-2-6-17(14)18/h1-11H,12-13H2. The Morgan fingerprint density at radius 3 is 2.50 bits per heavy atom. The van der Waals surface area contributed by atoms with Crippen LogP contribution in [0.4, 0.5) is 5.69 Å². The molecular weight excluding hydrogens is 330 g/mol. The van der Waals surface area contributed by atoms with E-state index < -0.39 is 4.92 Å². The molecule has 0 bridgehead atoms. The van der Waals surface area contributed by atoms with Gasteiger partial charge >= 0.3 is 0 Å². The fourth-order valence-electron chi connectivity index (χ4n) is 3.18. The van der Waals surface area contributed by atoms with Gasteiger partial charge in [-0.25, -0.2) is 0 Å². The first-order valence-electron chi connectivity index (χ1n) is 8.24. The van der Waals surface area contributed by atoms with E-state index in [2.05, 4.69) is 4.99 Å². The highest BCUT2D eigenvalue weighted by atomic mass is 16.6. The van der Waals surface area contributed by atoms with Gasteiger partial charge in [-0.15, -0.1) is 0 Å². The molecule has 0 saturated carbocycles. The van der Waals surface area contributed by atoms with E-state index >= 15 is 0 Å². The summed E-state index contributed by atoms with van der Waals surface area (Å²) < 4.78 is 0. The number of amides is 1. The molecule has 1 aliphatic heterocycles. The smallest absolute Gasteiger partial charge is 0.269 e. The monoisotopic (exact) mass is 345 g/mol. The lowest BCUT2D eigenvalue weighted by atomic mass is 10.0. The minimum atomic E-state index is -0.479. The fraction of sp³-hybridized carbons (Fsp3) is 0.100. The van der Waals surface area contributed by atoms with Gasteiger partial charge in [0.15, 0.2) is 0 Å². The number of hydrogen-bond acceptors (Lipinski definition) is 4. The Morgan fingerprint density at radius 1 is 1.00 bits per heavy atom. The topological polar surface area (TPSA) is 75.8 Å². The number of benzene rings is 3. The summed E-state index contributed by atoms with van der Waals surface area (Å²) in [5, 5.41) is 12.9. The van der Waals surface area contributed by atoms with Crippen molar-refractivity contribution in [2.75, 3.05) is 13.1 Å². The highest BCUT2D eigenvalue weighted by Crippen LogP contribution is 2.24. The molecule has 0 aromatic heterocycles. The Bertz CT molecular complexity index is 1040. The lowest BCUT2D eigenvalue weighted by Gasteiger charge is -2.19. The van der Waals surface area contributed by atoms with E-state index in [4.69, 9.17) is 0 Å². The molecule has 6 nitrogen and oxygen atoms in total. The zero-order chi connectivity index (χ0) is 18.1. The van der Waals surface area contributed by atoms with E-state index in [-0.39, 0.29) is 11.6 Å². The quantitative estimate of drug-likeness (QED) is 0.537. The molecule has 1 heterocycles. The number of non-ortho nitro benzene ring substituents is 1. The predicted octanol–water partition coefficient (Wildman–Crippen LogP) is 3.65. The van der Waals surface area contributed by atoms with Crippen molar-refractivity contribution in [2.45, 2.75) is 0 Å². The van der Waals surface area contributed by atoms with Gasteiger partial charge in [0.05, 0.1) is 11.5 Å². The third kappa shape index (κ3) is 2.71. The SMILES string of the molecule is O=C(c1ccc([N+](=O)[O-])cc1)N1CCN=C1c1cccc2ccccc12. The van der Waals surface area contributed by atoms with E-state index in [1.807, 2.05) is 42.5 Å². The molecule has 0 N–H and O–H groups in total. The number of rotatable bonds is 3. The van der Waals surface area contributed by atoms with Gasteiger partial charge < -0.3 is 0 Å². The van der Waals surface area contributed by atoms with Crippen LogP contribution < -0.4 is 0 Å². The fourth-order valence-corrected chi connectivity index (χ4v) is 3.18. The van der Waals surface area contributed by atoms with Gasteiger partial charge in [-0.1, -0.05) is 42.5 Å². The van der Waals surface area contributed by atoms with Crippen molar-refractivity contribution < 1.29 is 9.72 Å². The number of carbonyl (C=O) groups is 1. The number of nitrogens with zero attached hydrogens (tertiary/aromatic N) is 3. The maximum atomic E-state index is 12.9. The van der Waals surface area contributed by atoms with Crippen LogP contribution in [0, 0.1) is 10.1 Å². The lowest BCUT2D eigenvalue weighted by Crippen LogP contribution is -2.35. The molecule has 6 heteroatoms. The van der Waals surface area contributed by atoms with Gasteiger partial charge in [0.25, 0.3) is 11.6 Å². The molecule has 1 aliphatic rings. The first-order chi connectivity index (χ1) is 12.6. The molecule has 0 aliphatic carbocycles. The third-order valence-electron chi connectivity index (χ3n) is 4.44. The van der Waals surface area contributed by atoms with Crippen LogP contribution in [0.5, 0.6) is 0 Å². The van der Waals surface area contributed by atoms with E-state index in [9.17, 15) is 14.9 Å². The number of carbonyl (C=O) groups excluding carboxylic acids is 1. The number of hydrogen-bond donors (Lipinski definition) is 0. The second-order valence-corrected chi connectivity index (χ2v) is 5.99. The van der Waals surface area contributed by atoms with Crippen molar-refractivity contribution in [3.63, 3.8) is 0 Å². The van der Waals surface area contributed by atoms with Gasteiger partial charge in [0.1, 0.15) is 5.84 Å². The van der Waals surface area contributed by atoms with Crippen molar-refractivity contribution in [1.29, 1.82) is 0 Å². The molecule has 0 radical (unpaired) electrons. The molecule has 0 atom stereocenters. The molecule has 26 heavy (non-hydrogen) atoms. The normalized spacial score (nSPS) is 13.7. The zero-order valence-corrected chi connectivity index (χ0v) is 13.8. The summed E-state index contributed by atoms with van der Waals surface area (Å²) >= 11 is 0. The summed E-state index contributed by atoms with van der Waals surface area (Å²) in [6.45, 7) is 1.03. The van der Waals surface area contributed by atoms with Crippen molar-refractivity contribution in [3.8, 4) is 0 Å². The molecular formula is C20H15N3O3. The molecule has 0 fully saturated rings. The number of nitro groups is 1. The van der Waals surface area contributed by atoms with Gasteiger partial charge in [0.2, 0.25) is 0 Å². The average molecular weight is 345 g/mol. The van der Waals surface area contributed by atoms with Gasteiger partial charge in [-0.2, -0.15) is 0 Å². The summed E-state index contributed by atoms with van der Waals surface area (Å²) in [4.78, 5) is 29.4. The van der Waals surface area contributed by atoms with Crippen molar-refractivity contribution in [1.82, 2.24) is 4.90 Å². The summed E-state index contributed by atoms with van der Waals surface area (Å²) in [5.74, 6) is 0.439. The first kappa shape index (κ1) is 16.0. The zero-order valence-electron chi connectivity index (χ0n) is 13.8. The summed E-state index contributed by atoms with van der Waals surface area (Å²) in [7, 11) is 0. The molecule has 0 spiro atoms. The maximum Gasteiger partial charge on any atom is 0.269 e. The Hall–Kier alpha value is -3.54. The van der Waals surface area contributed by atoms with Gasteiger partial charge in [-0.05, 0) is 22.9 Å². The van der Waals surface area contributed by atoms with Crippen LogP contribution in [0.1, 0.15) is 15.9 Å². The summed E-state index contributed by atoms with van der Waals surface area (Å²) in [6, 6.07) is 19.6. The van der Waals surface area contributed by atoms with Crippen LogP contribution in [0.2, 0.25) is 0 Å². The Labute approximate surface area is 149 Å². The Morgan fingerprint density at radius 2 is 1.73 bits per heavy atom. The van der Waals surface area contributed by atoms with Crippen LogP contribution in [0.25, 0.3) is 10.8 Å². The maximum absolute atomic E-state index is 12.9. The minimum absolute atomic E-state index is 0.0362. The van der Waals surface area contributed by atoms with Crippen molar-refractivity contribution in [3.05, 3.63) is 88.0 Å². The van der Waals surface area contributed by atoms with Crippen molar-refractivity contribution >= 4 is 28.2 Å². The largest absolute Gasteiger partial charge is 0.291 e. The van der Waals surface area contributed by atoms with Crippen molar-refractivity contribution in [2.24, 2.45) is 4.99 Å². The summed E-state index contributed by atoms with van der Waals surface area (Å²) in [5.41, 5.74) is 1.28. The van der Waals surface area contributed by atoms with Crippen LogP contribution in [-0.4, -0.2) is 34.7 Å². The van der Waals surface area contributed by atoms with E-state index in [1.165, 1.54) is 24.3 Å². The minimum Gasteiger partial charge on any atom is -0.291 e. The van der Waals surface area contributed by atoms with Crippen LogP contribution in [0.15, 0.2) is 71.7 Å². The van der Waals surface area contributed by atoms with Crippen LogP contribution >= 0.6 is 0 Å². The van der Waals surface area contributed by atoms with Crippen LogP contribution in [0.3, 0.4) is 0 Å². The van der Waals surface area contributed by atoms with Crippen LogP contribution in [-0.2, 0) is 0 Å². The number of amidine groups is 1. The Kier molecular flexibility index (Phi) is 3.93. The second kappa shape index (κ2) is 6.40. The molecule has 3 aromatic carbocycles. The van der Waals surface area contributed by atoms with E-state index in [0.717, 1.165) is 16.3 Å². The highest BCUT2D eigenvalue weighted by molar-refractivity contribution is 6.18. The molecule has 0 unspecified atom stereocenters.